The summed E-state index contributed by atoms with van der Waals surface area (Å²) >= 11 is 0. The molecule has 2 amide bonds. The van der Waals surface area contributed by atoms with E-state index < -0.39 is 0 Å². The van der Waals surface area contributed by atoms with Crippen molar-refractivity contribution in [2.45, 2.75) is 6.54 Å². The predicted molar refractivity (Wildman–Crippen MR) is 83.3 cm³/mol. The lowest BCUT2D eigenvalue weighted by molar-refractivity contribution is 0.0601. The summed E-state index contributed by atoms with van der Waals surface area (Å²) in [6.45, 7) is 0.285. The molecule has 1 aliphatic rings. The number of nitrogens with zero attached hydrogens (tertiary/aromatic N) is 1. The Hall–Kier alpha value is -3.02. The van der Waals surface area contributed by atoms with E-state index in [0.29, 0.717) is 22.6 Å². The van der Waals surface area contributed by atoms with Gasteiger partial charge in [-0.1, -0.05) is 24.3 Å². The maximum Gasteiger partial charge on any atom is 0.276 e. The zero-order chi connectivity index (χ0) is 16.4. The van der Waals surface area contributed by atoms with Gasteiger partial charge in [-0.3, -0.25) is 15.0 Å². The van der Waals surface area contributed by atoms with Crippen molar-refractivity contribution in [3.05, 3.63) is 59.2 Å². The number of nitrogens with one attached hydrogen (secondary N) is 1. The molecular formula is C17H16N2O4. The minimum Gasteiger partial charge on any atom is -0.493 e. The molecule has 0 spiro atoms. The Kier molecular flexibility index (Phi) is 3.89. The van der Waals surface area contributed by atoms with E-state index in [1.54, 1.807) is 36.4 Å². The molecule has 118 valence electrons. The Morgan fingerprint density at radius 3 is 2.48 bits per heavy atom. The highest BCUT2D eigenvalue weighted by Gasteiger charge is 2.33. The normalized spacial score (nSPS) is 12.8. The number of benzene rings is 2. The first-order chi connectivity index (χ1) is 11.2. The number of methoxy groups -OCH3 is 2. The number of carbonyl (C=O) groups is 2. The molecule has 0 unspecified atom stereocenters. The number of hydrogen-bond acceptors (Lipinski definition) is 4. The largest absolute Gasteiger partial charge is 0.493 e. The molecular weight excluding hydrogens is 296 g/mol. The van der Waals surface area contributed by atoms with Crippen LogP contribution in [0.15, 0.2) is 42.5 Å². The molecule has 0 radical (unpaired) electrons. The Labute approximate surface area is 133 Å². The van der Waals surface area contributed by atoms with Crippen LogP contribution < -0.4 is 14.9 Å². The lowest BCUT2D eigenvalue weighted by Gasteiger charge is -2.17. The summed E-state index contributed by atoms with van der Waals surface area (Å²) < 4.78 is 10.5. The van der Waals surface area contributed by atoms with Gasteiger partial charge in [-0.05, 0) is 23.8 Å². The van der Waals surface area contributed by atoms with Crippen LogP contribution in [0.1, 0.15) is 26.3 Å². The molecule has 1 heterocycles. The molecule has 0 aromatic heterocycles. The number of carbonyl (C=O) groups excluding carboxylic acids is 2. The van der Waals surface area contributed by atoms with Crippen molar-refractivity contribution in [3.63, 3.8) is 0 Å². The zero-order valence-electron chi connectivity index (χ0n) is 12.8. The Morgan fingerprint density at radius 2 is 1.83 bits per heavy atom. The number of hydrazine groups is 1. The number of amides is 2. The molecule has 3 rings (SSSR count). The van der Waals surface area contributed by atoms with Crippen LogP contribution in [0.5, 0.6) is 11.5 Å². The van der Waals surface area contributed by atoms with Crippen LogP contribution >= 0.6 is 0 Å². The second-order valence-corrected chi connectivity index (χ2v) is 5.03. The van der Waals surface area contributed by atoms with E-state index >= 15 is 0 Å². The summed E-state index contributed by atoms with van der Waals surface area (Å²) in [5, 5.41) is 1.28. The first-order valence-corrected chi connectivity index (χ1v) is 7.07. The van der Waals surface area contributed by atoms with Gasteiger partial charge in [0.05, 0.1) is 26.3 Å². The van der Waals surface area contributed by atoms with Crippen molar-refractivity contribution in [1.29, 1.82) is 0 Å². The lowest BCUT2D eigenvalue weighted by atomic mass is 10.1. The van der Waals surface area contributed by atoms with Gasteiger partial charge in [0.2, 0.25) is 0 Å². The molecule has 1 N–H and O–H groups in total. The second-order valence-electron chi connectivity index (χ2n) is 5.03. The van der Waals surface area contributed by atoms with Crippen LogP contribution in [0.25, 0.3) is 0 Å². The molecule has 1 aliphatic heterocycles. The van der Waals surface area contributed by atoms with Crippen LogP contribution in [0.2, 0.25) is 0 Å². The summed E-state index contributed by atoms with van der Waals surface area (Å²) in [5.74, 6) is 0.208. The summed E-state index contributed by atoms with van der Waals surface area (Å²) in [6, 6.07) is 12.3. The molecule has 23 heavy (non-hydrogen) atoms. The SMILES string of the molecule is COc1ccc2c(c1OC)C(=O)N(NC(=O)c1ccccc1)C2. The third-order valence-corrected chi connectivity index (χ3v) is 3.69. The highest BCUT2D eigenvalue weighted by molar-refractivity contribution is 6.04. The van der Waals surface area contributed by atoms with E-state index in [4.69, 9.17) is 9.47 Å². The van der Waals surface area contributed by atoms with Gasteiger partial charge in [0.25, 0.3) is 11.8 Å². The fourth-order valence-corrected chi connectivity index (χ4v) is 2.58. The van der Waals surface area contributed by atoms with E-state index in [2.05, 4.69) is 5.43 Å². The van der Waals surface area contributed by atoms with Crippen molar-refractivity contribution in [2.75, 3.05) is 14.2 Å². The molecule has 6 heteroatoms. The molecule has 2 aromatic carbocycles. The molecule has 0 atom stereocenters. The Balaban J connectivity index is 1.85. The van der Waals surface area contributed by atoms with Crippen LogP contribution in [0.3, 0.4) is 0 Å². The van der Waals surface area contributed by atoms with E-state index in [1.165, 1.54) is 19.2 Å². The average molecular weight is 312 g/mol. The van der Waals surface area contributed by atoms with E-state index in [0.717, 1.165) is 5.56 Å². The van der Waals surface area contributed by atoms with Gasteiger partial charge < -0.3 is 9.47 Å². The maximum atomic E-state index is 12.6. The van der Waals surface area contributed by atoms with Gasteiger partial charge in [0, 0.05) is 5.56 Å². The first-order valence-electron chi connectivity index (χ1n) is 7.07. The maximum absolute atomic E-state index is 12.6. The third kappa shape index (κ3) is 2.59. The summed E-state index contributed by atoms with van der Waals surface area (Å²) in [4.78, 5) is 24.8. The zero-order valence-corrected chi connectivity index (χ0v) is 12.8. The minimum absolute atomic E-state index is 0.285. The van der Waals surface area contributed by atoms with Crippen LogP contribution in [-0.4, -0.2) is 31.0 Å². The molecule has 0 saturated carbocycles. The van der Waals surface area contributed by atoms with Gasteiger partial charge >= 0.3 is 0 Å². The fourth-order valence-electron chi connectivity index (χ4n) is 2.58. The van der Waals surface area contributed by atoms with E-state index in [9.17, 15) is 9.59 Å². The number of rotatable bonds is 4. The topological polar surface area (TPSA) is 67.9 Å². The Morgan fingerprint density at radius 1 is 1.09 bits per heavy atom. The van der Waals surface area contributed by atoms with Gasteiger partial charge in [-0.2, -0.15) is 0 Å². The van der Waals surface area contributed by atoms with Crippen molar-refractivity contribution < 1.29 is 19.1 Å². The predicted octanol–water partition coefficient (Wildman–Crippen LogP) is 2.00. The van der Waals surface area contributed by atoms with E-state index in [1.807, 2.05) is 6.07 Å². The standard InChI is InChI=1S/C17H16N2O4/c1-22-13-9-8-12-10-19(17(21)14(12)15(13)23-2)18-16(20)11-6-4-3-5-7-11/h3-9H,10H2,1-2H3,(H,18,20). The summed E-state index contributed by atoms with van der Waals surface area (Å²) in [6.07, 6.45) is 0. The number of ether oxygens (including phenoxy) is 2. The number of fused-ring (bicyclic) bond motifs is 1. The lowest BCUT2D eigenvalue weighted by Crippen LogP contribution is -2.42. The monoisotopic (exact) mass is 312 g/mol. The minimum atomic E-state index is -0.335. The molecule has 0 bridgehead atoms. The Bertz CT molecular complexity index is 759. The molecule has 6 nitrogen and oxygen atoms in total. The smallest absolute Gasteiger partial charge is 0.276 e. The second kappa shape index (κ2) is 6.00. The molecule has 2 aromatic rings. The van der Waals surface area contributed by atoms with Crippen LogP contribution in [-0.2, 0) is 6.54 Å². The highest BCUT2D eigenvalue weighted by Crippen LogP contribution is 2.37. The van der Waals surface area contributed by atoms with Gasteiger partial charge in [0.15, 0.2) is 11.5 Å². The quantitative estimate of drug-likeness (QED) is 0.937. The van der Waals surface area contributed by atoms with Gasteiger partial charge in [-0.15, -0.1) is 0 Å². The van der Waals surface area contributed by atoms with Gasteiger partial charge in [0.1, 0.15) is 0 Å². The summed E-state index contributed by atoms with van der Waals surface area (Å²) in [5.41, 5.74) is 4.31. The summed E-state index contributed by atoms with van der Waals surface area (Å²) in [7, 11) is 3.00. The molecule has 0 fully saturated rings. The van der Waals surface area contributed by atoms with Crippen molar-refractivity contribution in [1.82, 2.24) is 10.4 Å². The van der Waals surface area contributed by atoms with Crippen molar-refractivity contribution in [3.8, 4) is 11.5 Å². The number of hydrogen-bond donors (Lipinski definition) is 1. The van der Waals surface area contributed by atoms with Crippen LogP contribution in [0.4, 0.5) is 0 Å². The van der Waals surface area contributed by atoms with Crippen molar-refractivity contribution in [2.24, 2.45) is 0 Å². The van der Waals surface area contributed by atoms with Gasteiger partial charge in [-0.25, -0.2) is 5.01 Å². The van der Waals surface area contributed by atoms with Crippen molar-refractivity contribution >= 4 is 11.8 Å². The fraction of sp³-hybridized carbons (Fsp3) is 0.176. The first kappa shape index (κ1) is 14.9. The molecule has 0 saturated heterocycles. The van der Waals surface area contributed by atoms with E-state index in [-0.39, 0.29) is 18.4 Å². The highest BCUT2D eigenvalue weighted by atomic mass is 16.5. The third-order valence-electron chi connectivity index (χ3n) is 3.69. The van der Waals surface area contributed by atoms with Crippen LogP contribution in [0, 0.1) is 0 Å². The average Bonchev–Trinajstić information content (AvgIpc) is 2.90. The molecule has 0 aliphatic carbocycles.